The lowest BCUT2D eigenvalue weighted by Crippen LogP contribution is -2.49. The summed E-state index contributed by atoms with van der Waals surface area (Å²) in [7, 11) is 0. The van der Waals surface area contributed by atoms with E-state index in [1.165, 1.54) is 38.6 Å². The van der Waals surface area contributed by atoms with Gasteiger partial charge in [-0.15, -0.1) is 0 Å². The lowest BCUT2D eigenvalue weighted by molar-refractivity contribution is -0.122. The summed E-state index contributed by atoms with van der Waals surface area (Å²) >= 11 is 0. The second kappa shape index (κ2) is 9.32. The van der Waals surface area contributed by atoms with Crippen LogP contribution in [0.3, 0.4) is 0 Å². The second-order valence-corrected chi connectivity index (χ2v) is 5.68. The summed E-state index contributed by atoms with van der Waals surface area (Å²) in [4.78, 5) is 14.4. The maximum atomic E-state index is 11.8. The Morgan fingerprint density at radius 3 is 2.84 bits per heavy atom. The number of nitrogens with one attached hydrogen (secondary N) is 1. The van der Waals surface area contributed by atoms with Gasteiger partial charge in [-0.05, 0) is 38.8 Å². The third-order valence-electron chi connectivity index (χ3n) is 4.00. The molecule has 1 saturated heterocycles. The molecule has 3 N–H and O–H groups in total. The molecule has 4 heteroatoms. The number of hydrogen-bond donors (Lipinski definition) is 2. The SMILES string of the molecule is CCCCN1CCCCC1CNC(=O)C(N)CCC. The van der Waals surface area contributed by atoms with E-state index in [9.17, 15) is 4.79 Å². The first kappa shape index (κ1) is 16.4. The molecule has 0 bridgehead atoms. The van der Waals surface area contributed by atoms with Gasteiger partial charge in [0.2, 0.25) is 5.91 Å². The zero-order valence-electron chi connectivity index (χ0n) is 12.7. The van der Waals surface area contributed by atoms with Gasteiger partial charge in [0.05, 0.1) is 6.04 Å². The number of amides is 1. The Hall–Kier alpha value is -0.610. The molecule has 0 aromatic heterocycles. The van der Waals surface area contributed by atoms with Gasteiger partial charge in [0.25, 0.3) is 0 Å². The number of nitrogens with two attached hydrogens (primary N) is 1. The lowest BCUT2D eigenvalue weighted by Gasteiger charge is -2.36. The molecule has 1 aliphatic heterocycles. The Labute approximate surface area is 118 Å². The second-order valence-electron chi connectivity index (χ2n) is 5.68. The predicted molar refractivity (Wildman–Crippen MR) is 80.0 cm³/mol. The molecule has 0 saturated carbocycles. The molecular weight excluding hydrogens is 238 g/mol. The van der Waals surface area contributed by atoms with Gasteiger partial charge in [-0.3, -0.25) is 9.69 Å². The highest BCUT2D eigenvalue weighted by Crippen LogP contribution is 2.17. The van der Waals surface area contributed by atoms with Crippen LogP contribution in [0.25, 0.3) is 0 Å². The van der Waals surface area contributed by atoms with Gasteiger partial charge in [-0.2, -0.15) is 0 Å². The number of piperidine rings is 1. The van der Waals surface area contributed by atoms with Crippen molar-refractivity contribution in [3.63, 3.8) is 0 Å². The molecule has 0 radical (unpaired) electrons. The number of nitrogens with zero attached hydrogens (tertiary/aromatic N) is 1. The van der Waals surface area contributed by atoms with Crippen molar-refractivity contribution < 1.29 is 4.79 Å². The van der Waals surface area contributed by atoms with Crippen LogP contribution in [0.1, 0.15) is 58.8 Å². The van der Waals surface area contributed by atoms with E-state index in [1.54, 1.807) is 0 Å². The zero-order valence-corrected chi connectivity index (χ0v) is 12.7. The molecule has 0 spiro atoms. The highest BCUT2D eigenvalue weighted by atomic mass is 16.2. The Morgan fingerprint density at radius 2 is 2.16 bits per heavy atom. The zero-order chi connectivity index (χ0) is 14.1. The standard InChI is InChI=1S/C15H31N3O/c1-3-5-10-18-11-7-6-9-13(18)12-17-15(19)14(16)8-4-2/h13-14H,3-12,16H2,1-2H3,(H,17,19). The van der Waals surface area contributed by atoms with Gasteiger partial charge in [-0.25, -0.2) is 0 Å². The van der Waals surface area contributed by atoms with Crippen LogP contribution in [0.4, 0.5) is 0 Å². The Bertz CT molecular complexity index is 258. The minimum Gasteiger partial charge on any atom is -0.353 e. The van der Waals surface area contributed by atoms with Crippen LogP contribution in [0.5, 0.6) is 0 Å². The summed E-state index contributed by atoms with van der Waals surface area (Å²) in [6, 6.07) is 0.177. The summed E-state index contributed by atoms with van der Waals surface area (Å²) in [6.07, 6.45) is 7.99. The minimum atomic E-state index is -0.335. The number of unbranched alkanes of at least 4 members (excludes halogenated alkanes) is 1. The van der Waals surface area contributed by atoms with Crippen LogP contribution in [0, 0.1) is 0 Å². The quantitative estimate of drug-likeness (QED) is 0.707. The molecule has 0 aromatic rings. The van der Waals surface area contributed by atoms with Gasteiger partial charge < -0.3 is 11.1 Å². The number of hydrogen-bond acceptors (Lipinski definition) is 3. The van der Waals surface area contributed by atoms with E-state index in [0.717, 1.165) is 25.9 Å². The van der Waals surface area contributed by atoms with E-state index in [-0.39, 0.29) is 11.9 Å². The first-order valence-corrected chi connectivity index (χ1v) is 7.96. The van der Waals surface area contributed by atoms with Crippen molar-refractivity contribution in [1.82, 2.24) is 10.2 Å². The van der Waals surface area contributed by atoms with E-state index in [4.69, 9.17) is 5.73 Å². The largest absolute Gasteiger partial charge is 0.353 e. The molecule has 0 aromatic carbocycles. The lowest BCUT2D eigenvalue weighted by atomic mass is 10.0. The van der Waals surface area contributed by atoms with Crippen molar-refractivity contribution in [3.8, 4) is 0 Å². The van der Waals surface area contributed by atoms with E-state index >= 15 is 0 Å². The van der Waals surface area contributed by atoms with Gasteiger partial charge in [-0.1, -0.05) is 33.1 Å². The van der Waals surface area contributed by atoms with Crippen molar-refractivity contribution >= 4 is 5.91 Å². The molecular formula is C15H31N3O. The highest BCUT2D eigenvalue weighted by molar-refractivity contribution is 5.81. The van der Waals surface area contributed by atoms with Crippen molar-refractivity contribution in [2.24, 2.45) is 5.73 Å². The van der Waals surface area contributed by atoms with Crippen LogP contribution >= 0.6 is 0 Å². The summed E-state index contributed by atoms with van der Waals surface area (Å²) < 4.78 is 0. The Morgan fingerprint density at radius 1 is 1.37 bits per heavy atom. The fourth-order valence-corrected chi connectivity index (χ4v) is 2.74. The van der Waals surface area contributed by atoms with Crippen molar-refractivity contribution in [1.29, 1.82) is 0 Å². The van der Waals surface area contributed by atoms with Crippen molar-refractivity contribution in [2.75, 3.05) is 19.6 Å². The van der Waals surface area contributed by atoms with Crippen LogP contribution in [-0.2, 0) is 4.79 Å². The smallest absolute Gasteiger partial charge is 0.236 e. The number of rotatable bonds is 8. The van der Waals surface area contributed by atoms with Gasteiger partial charge in [0.15, 0.2) is 0 Å². The van der Waals surface area contributed by atoms with Gasteiger partial charge in [0, 0.05) is 12.6 Å². The van der Waals surface area contributed by atoms with Crippen LogP contribution in [0.2, 0.25) is 0 Å². The maximum Gasteiger partial charge on any atom is 0.236 e. The Kier molecular flexibility index (Phi) is 8.07. The summed E-state index contributed by atoms with van der Waals surface area (Å²) in [5.41, 5.74) is 5.83. The number of likely N-dealkylation sites (tertiary alicyclic amines) is 1. The van der Waals surface area contributed by atoms with Crippen LogP contribution < -0.4 is 11.1 Å². The average Bonchev–Trinajstić information content (AvgIpc) is 2.43. The molecule has 19 heavy (non-hydrogen) atoms. The number of carbonyl (C=O) groups is 1. The van der Waals surface area contributed by atoms with Crippen LogP contribution in [0.15, 0.2) is 0 Å². The van der Waals surface area contributed by atoms with Gasteiger partial charge >= 0.3 is 0 Å². The third kappa shape index (κ3) is 5.91. The predicted octanol–water partition coefficient (Wildman–Crippen LogP) is 1.88. The molecule has 2 unspecified atom stereocenters. The molecule has 1 amide bonds. The number of carbonyl (C=O) groups excluding carboxylic acids is 1. The monoisotopic (exact) mass is 269 g/mol. The van der Waals surface area contributed by atoms with Crippen molar-refractivity contribution in [2.45, 2.75) is 70.9 Å². The van der Waals surface area contributed by atoms with Crippen LogP contribution in [-0.4, -0.2) is 42.5 Å². The highest BCUT2D eigenvalue weighted by Gasteiger charge is 2.23. The molecule has 1 aliphatic rings. The normalized spacial score (nSPS) is 22.2. The van der Waals surface area contributed by atoms with E-state index in [0.29, 0.717) is 6.04 Å². The first-order valence-electron chi connectivity index (χ1n) is 7.96. The minimum absolute atomic E-state index is 0.0165. The fourth-order valence-electron chi connectivity index (χ4n) is 2.74. The third-order valence-corrected chi connectivity index (χ3v) is 4.00. The molecule has 1 rings (SSSR count). The van der Waals surface area contributed by atoms with E-state index < -0.39 is 0 Å². The van der Waals surface area contributed by atoms with Gasteiger partial charge in [0.1, 0.15) is 0 Å². The average molecular weight is 269 g/mol. The topological polar surface area (TPSA) is 58.4 Å². The molecule has 1 fully saturated rings. The molecule has 1 heterocycles. The molecule has 4 nitrogen and oxygen atoms in total. The maximum absolute atomic E-state index is 11.8. The molecule has 2 atom stereocenters. The Balaban J connectivity index is 2.33. The summed E-state index contributed by atoms with van der Waals surface area (Å²) in [6.45, 7) is 7.39. The van der Waals surface area contributed by atoms with E-state index in [1.807, 2.05) is 0 Å². The first-order chi connectivity index (χ1) is 9.19. The summed E-state index contributed by atoms with van der Waals surface area (Å²) in [5.74, 6) is 0.0165. The molecule has 0 aliphatic carbocycles. The van der Waals surface area contributed by atoms with E-state index in [2.05, 4.69) is 24.1 Å². The summed E-state index contributed by atoms with van der Waals surface area (Å²) in [5, 5.41) is 3.04. The fraction of sp³-hybridized carbons (Fsp3) is 0.933. The molecule has 112 valence electrons. The van der Waals surface area contributed by atoms with Crippen molar-refractivity contribution in [3.05, 3.63) is 0 Å².